The number of carbonyl (C=O) groups is 1. The number of aromatic carboxylic acids is 1. The highest BCUT2D eigenvalue weighted by Crippen LogP contribution is 2.18. The molecule has 17 heavy (non-hydrogen) atoms. The van der Waals surface area contributed by atoms with Gasteiger partial charge >= 0.3 is 5.97 Å². The predicted molar refractivity (Wildman–Crippen MR) is 57.5 cm³/mol. The van der Waals surface area contributed by atoms with E-state index in [1.807, 2.05) is 0 Å². The van der Waals surface area contributed by atoms with Gasteiger partial charge in [-0.15, -0.1) is 5.10 Å². The van der Waals surface area contributed by atoms with Gasteiger partial charge in [0.25, 0.3) is 0 Å². The number of carboxylic acids is 1. The third-order valence-corrected chi connectivity index (χ3v) is 2.46. The number of halogens is 2. The van der Waals surface area contributed by atoms with E-state index in [1.54, 1.807) is 0 Å². The molecule has 5 nitrogen and oxygen atoms in total. The van der Waals surface area contributed by atoms with E-state index in [9.17, 15) is 9.18 Å². The molecule has 0 aliphatic rings. The molecule has 0 unspecified atom stereocenters. The van der Waals surface area contributed by atoms with Crippen LogP contribution in [0.25, 0.3) is 0 Å². The summed E-state index contributed by atoms with van der Waals surface area (Å²) in [6.07, 6.45) is 1.28. The van der Waals surface area contributed by atoms with Crippen LogP contribution < -0.4 is 0 Å². The van der Waals surface area contributed by atoms with Gasteiger partial charge in [0.05, 0.1) is 12.7 Å². The van der Waals surface area contributed by atoms with Crippen molar-refractivity contribution in [1.29, 1.82) is 0 Å². The van der Waals surface area contributed by atoms with Crippen LogP contribution in [0.3, 0.4) is 0 Å². The van der Waals surface area contributed by atoms with E-state index in [1.165, 1.54) is 29.1 Å². The van der Waals surface area contributed by atoms with Crippen molar-refractivity contribution in [2.45, 2.75) is 6.54 Å². The van der Waals surface area contributed by atoms with E-state index in [0.717, 1.165) is 0 Å². The molecule has 2 aromatic rings. The van der Waals surface area contributed by atoms with E-state index in [0.29, 0.717) is 5.56 Å². The van der Waals surface area contributed by atoms with Crippen molar-refractivity contribution in [3.05, 3.63) is 46.5 Å². The summed E-state index contributed by atoms with van der Waals surface area (Å²) in [5.41, 5.74) is 0.484. The second-order valence-corrected chi connectivity index (χ2v) is 3.75. The van der Waals surface area contributed by atoms with Crippen molar-refractivity contribution in [1.82, 2.24) is 15.0 Å². The van der Waals surface area contributed by atoms with Crippen LogP contribution >= 0.6 is 11.6 Å². The third kappa shape index (κ3) is 2.59. The summed E-state index contributed by atoms with van der Waals surface area (Å²) < 4.78 is 14.1. The van der Waals surface area contributed by atoms with Gasteiger partial charge in [-0.1, -0.05) is 22.9 Å². The topological polar surface area (TPSA) is 68.0 Å². The lowest BCUT2D eigenvalue weighted by atomic mass is 10.2. The van der Waals surface area contributed by atoms with E-state index >= 15 is 0 Å². The minimum absolute atomic E-state index is 0.150. The molecular formula is C10H7ClFN3O2. The second-order valence-electron chi connectivity index (χ2n) is 3.34. The number of nitrogens with zero attached hydrogens (tertiary/aromatic N) is 3. The fraction of sp³-hybridized carbons (Fsp3) is 0.100. The Hall–Kier alpha value is -1.95. The fourth-order valence-electron chi connectivity index (χ4n) is 1.30. The highest BCUT2D eigenvalue weighted by Gasteiger charge is 2.09. The third-order valence-electron chi connectivity index (χ3n) is 2.11. The van der Waals surface area contributed by atoms with Crippen LogP contribution in [0, 0.1) is 5.82 Å². The molecule has 0 spiro atoms. The number of hydrogen-bond acceptors (Lipinski definition) is 3. The predicted octanol–water partition coefficient (Wildman–Crippen LogP) is 1.82. The summed E-state index contributed by atoms with van der Waals surface area (Å²) in [6.45, 7) is 0.236. The molecule has 0 atom stereocenters. The Morgan fingerprint density at radius 2 is 2.29 bits per heavy atom. The van der Waals surface area contributed by atoms with Crippen LogP contribution in [0.5, 0.6) is 0 Å². The fourth-order valence-corrected chi connectivity index (χ4v) is 1.53. The van der Waals surface area contributed by atoms with Crippen molar-refractivity contribution in [3.8, 4) is 0 Å². The van der Waals surface area contributed by atoms with E-state index in [4.69, 9.17) is 16.7 Å². The monoisotopic (exact) mass is 255 g/mol. The van der Waals surface area contributed by atoms with Gasteiger partial charge < -0.3 is 5.11 Å². The normalized spacial score (nSPS) is 10.5. The number of benzene rings is 1. The van der Waals surface area contributed by atoms with Crippen molar-refractivity contribution in [2.24, 2.45) is 0 Å². The smallest absolute Gasteiger partial charge is 0.358 e. The van der Waals surface area contributed by atoms with Crippen LogP contribution in [0.1, 0.15) is 16.1 Å². The zero-order valence-electron chi connectivity index (χ0n) is 8.47. The molecule has 1 heterocycles. The minimum atomic E-state index is -1.15. The Balaban J connectivity index is 2.22. The highest BCUT2D eigenvalue weighted by molar-refractivity contribution is 6.31. The highest BCUT2D eigenvalue weighted by atomic mass is 35.5. The minimum Gasteiger partial charge on any atom is -0.476 e. The average molecular weight is 256 g/mol. The Morgan fingerprint density at radius 3 is 2.88 bits per heavy atom. The molecule has 1 aromatic heterocycles. The first-order valence-electron chi connectivity index (χ1n) is 4.63. The zero-order valence-corrected chi connectivity index (χ0v) is 9.23. The Morgan fingerprint density at radius 1 is 1.53 bits per heavy atom. The van der Waals surface area contributed by atoms with E-state index in [-0.39, 0.29) is 17.3 Å². The lowest BCUT2D eigenvalue weighted by molar-refractivity contribution is 0.0690. The molecule has 0 aliphatic heterocycles. The van der Waals surface area contributed by atoms with Gasteiger partial charge in [-0.25, -0.2) is 13.9 Å². The lowest BCUT2D eigenvalue weighted by Crippen LogP contribution is -2.01. The second kappa shape index (κ2) is 4.50. The molecule has 0 saturated carbocycles. The van der Waals surface area contributed by atoms with Crippen molar-refractivity contribution < 1.29 is 14.3 Å². The van der Waals surface area contributed by atoms with Crippen molar-refractivity contribution >= 4 is 17.6 Å². The number of rotatable bonds is 3. The van der Waals surface area contributed by atoms with Gasteiger partial charge in [-0.2, -0.15) is 0 Å². The standard InChI is InChI=1S/C10H7ClFN3O2/c11-8-3-7(12)2-1-6(8)4-15-5-9(10(16)17)13-14-15/h1-3,5H,4H2,(H,16,17). The first-order valence-corrected chi connectivity index (χ1v) is 5.01. The molecule has 1 aromatic carbocycles. The maximum Gasteiger partial charge on any atom is 0.358 e. The van der Waals surface area contributed by atoms with Crippen LogP contribution in [-0.2, 0) is 6.54 Å². The number of hydrogen-bond donors (Lipinski definition) is 1. The molecule has 1 N–H and O–H groups in total. The summed E-state index contributed by atoms with van der Waals surface area (Å²) in [7, 11) is 0. The first-order chi connectivity index (χ1) is 8.06. The molecule has 0 aliphatic carbocycles. The largest absolute Gasteiger partial charge is 0.476 e. The molecule has 0 saturated heterocycles. The summed E-state index contributed by atoms with van der Waals surface area (Å²) in [5, 5.41) is 16.0. The lowest BCUT2D eigenvalue weighted by Gasteiger charge is -2.03. The summed E-state index contributed by atoms with van der Waals surface area (Å²) in [5.74, 6) is -1.58. The van der Waals surface area contributed by atoms with E-state index in [2.05, 4.69) is 10.3 Å². The first kappa shape index (κ1) is 11.5. The van der Waals surface area contributed by atoms with Crippen LogP contribution in [0.4, 0.5) is 4.39 Å². The Bertz CT molecular complexity index is 570. The molecule has 0 fully saturated rings. The summed E-state index contributed by atoms with van der Waals surface area (Å²) in [6, 6.07) is 3.97. The van der Waals surface area contributed by atoms with Crippen LogP contribution in [-0.4, -0.2) is 26.1 Å². The molecule has 0 amide bonds. The molecule has 0 radical (unpaired) electrons. The van der Waals surface area contributed by atoms with Gasteiger partial charge in [-0.3, -0.25) is 0 Å². The molecule has 2 rings (SSSR count). The summed E-state index contributed by atoms with van der Waals surface area (Å²) >= 11 is 5.83. The quantitative estimate of drug-likeness (QED) is 0.908. The van der Waals surface area contributed by atoms with Gasteiger partial charge in [0, 0.05) is 5.02 Å². The van der Waals surface area contributed by atoms with Crippen LogP contribution in [0.2, 0.25) is 5.02 Å². The molecule has 88 valence electrons. The van der Waals surface area contributed by atoms with Crippen molar-refractivity contribution in [3.63, 3.8) is 0 Å². The van der Waals surface area contributed by atoms with Gasteiger partial charge in [0.15, 0.2) is 5.69 Å². The summed E-state index contributed by atoms with van der Waals surface area (Å²) in [4.78, 5) is 10.6. The van der Waals surface area contributed by atoms with Gasteiger partial charge in [-0.05, 0) is 17.7 Å². The van der Waals surface area contributed by atoms with Gasteiger partial charge in [0.2, 0.25) is 0 Å². The van der Waals surface area contributed by atoms with Crippen molar-refractivity contribution in [2.75, 3.05) is 0 Å². The number of aromatic nitrogens is 3. The molecule has 0 bridgehead atoms. The SMILES string of the molecule is O=C(O)c1cn(Cc2ccc(F)cc2Cl)nn1. The Kier molecular flexibility index (Phi) is 3.06. The molecular weight excluding hydrogens is 249 g/mol. The van der Waals surface area contributed by atoms with Gasteiger partial charge in [0.1, 0.15) is 5.82 Å². The maximum atomic E-state index is 12.8. The zero-order chi connectivity index (χ0) is 12.4. The molecule has 7 heteroatoms. The maximum absolute atomic E-state index is 12.8. The average Bonchev–Trinajstić information content (AvgIpc) is 2.71. The number of carboxylic acid groups (broad SMARTS) is 1. The van der Waals surface area contributed by atoms with Crippen LogP contribution in [0.15, 0.2) is 24.4 Å². The van der Waals surface area contributed by atoms with E-state index < -0.39 is 11.8 Å². The Labute approximate surface area is 100 Å².